The SMILES string of the molecule is CCCCCCCCCCCCCCOCC(O)COCC(O)CO. The van der Waals surface area contributed by atoms with E-state index in [1.807, 2.05) is 0 Å². The fourth-order valence-corrected chi connectivity index (χ4v) is 2.71. The van der Waals surface area contributed by atoms with Crippen LogP contribution >= 0.6 is 0 Å². The summed E-state index contributed by atoms with van der Waals surface area (Å²) in [6.45, 7) is 3.02. The van der Waals surface area contributed by atoms with Crippen LogP contribution < -0.4 is 0 Å². The summed E-state index contributed by atoms with van der Waals surface area (Å²) in [4.78, 5) is 0. The molecule has 2 atom stereocenters. The summed E-state index contributed by atoms with van der Waals surface area (Å²) < 4.78 is 10.5. The Balaban J connectivity index is 3.13. The number of rotatable bonds is 20. The van der Waals surface area contributed by atoms with Crippen molar-refractivity contribution in [3.8, 4) is 0 Å². The molecule has 0 aliphatic rings. The molecule has 0 rings (SSSR count). The molecule has 5 heteroatoms. The van der Waals surface area contributed by atoms with Gasteiger partial charge in [-0.05, 0) is 6.42 Å². The molecule has 0 aromatic carbocycles. The molecular formula is C20H42O5. The standard InChI is InChI=1S/C20H42O5/c1-2-3-4-5-6-7-8-9-10-11-12-13-14-24-17-20(23)18-25-16-19(22)15-21/h19-23H,2-18H2,1H3. The average molecular weight is 363 g/mol. The van der Waals surface area contributed by atoms with Crippen molar-refractivity contribution in [3.05, 3.63) is 0 Å². The molecule has 3 N–H and O–H groups in total. The van der Waals surface area contributed by atoms with Crippen molar-refractivity contribution in [2.45, 2.75) is 96.2 Å². The molecule has 0 aliphatic carbocycles. The molecule has 152 valence electrons. The molecule has 0 saturated heterocycles. The van der Waals surface area contributed by atoms with Crippen LogP contribution in [-0.2, 0) is 9.47 Å². The van der Waals surface area contributed by atoms with Crippen LogP contribution in [0.25, 0.3) is 0 Å². The Hall–Kier alpha value is -0.200. The third-order valence-electron chi connectivity index (χ3n) is 4.28. The van der Waals surface area contributed by atoms with Crippen molar-refractivity contribution in [2.24, 2.45) is 0 Å². The molecule has 0 aromatic heterocycles. The van der Waals surface area contributed by atoms with Gasteiger partial charge < -0.3 is 24.8 Å². The smallest absolute Gasteiger partial charge is 0.101 e. The zero-order valence-corrected chi connectivity index (χ0v) is 16.3. The minimum Gasteiger partial charge on any atom is -0.394 e. The minimum absolute atomic E-state index is 0.0340. The number of unbranched alkanes of at least 4 members (excludes halogenated alkanes) is 11. The fraction of sp³-hybridized carbons (Fsp3) is 1.00. The summed E-state index contributed by atoms with van der Waals surface area (Å²) in [7, 11) is 0. The van der Waals surface area contributed by atoms with Gasteiger partial charge >= 0.3 is 0 Å². The Morgan fingerprint density at radius 1 is 0.600 bits per heavy atom. The van der Waals surface area contributed by atoms with Crippen LogP contribution in [0.4, 0.5) is 0 Å². The van der Waals surface area contributed by atoms with E-state index in [4.69, 9.17) is 19.7 Å². The first kappa shape index (κ1) is 24.8. The summed E-state index contributed by atoms with van der Waals surface area (Å²) in [5.41, 5.74) is 0. The molecule has 0 aliphatic heterocycles. The van der Waals surface area contributed by atoms with Gasteiger partial charge in [0.2, 0.25) is 0 Å². The Labute approximate surface area is 154 Å². The van der Waals surface area contributed by atoms with Gasteiger partial charge in [-0.3, -0.25) is 0 Å². The van der Waals surface area contributed by atoms with Crippen LogP contribution in [-0.4, -0.2) is 60.6 Å². The third-order valence-corrected chi connectivity index (χ3v) is 4.28. The second-order valence-corrected chi connectivity index (χ2v) is 6.99. The van der Waals surface area contributed by atoms with Gasteiger partial charge in [0.1, 0.15) is 12.2 Å². The minimum atomic E-state index is -0.880. The lowest BCUT2D eigenvalue weighted by Gasteiger charge is -2.13. The molecule has 0 aromatic rings. The molecule has 0 heterocycles. The Kier molecular flexibility index (Phi) is 20.0. The Morgan fingerprint density at radius 2 is 1.04 bits per heavy atom. The van der Waals surface area contributed by atoms with Gasteiger partial charge in [0.15, 0.2) is 0 Å². The number of hydrogen-bond donors (Lipinski definition) is 3. The van der Waals surface area contributed by atoms with Crippen molar-refractivity contribution in [1.29, 1.82) is 0 Å². The van der Waals surface area contributed by atoms with Crippen LogP contribution in [0.3, 0.4) is 0 Å². The molecule has 0 fully saturated rings. The molecule has 5 nitrogen and oxygen atoms in total. The second-order valence-electron chi connectivity index (χ2n) is 6.99. The monoisotopic (exact) mass is 362 g/mol. The molecule has 25 heavy (non-hydrogen) atoms. The van der Waals surface area contributed by atoms with Gasteiger partial charge in [0.05, 0.1) is 26.4 Å². The van der Waals surface area contributed by atoms with E-state index in [2.05, 4.69) is 6.92 Å². The van der Waals surface area contributed by atoms with Gasteiger partial charge in [-0.25, -0.2) is 0 Å². The summed E-state index contributed by atoms with van der Waals surface area (Å²) in [6, 6.07) is 0. The lowest BCUT2D eigenvalue weighted by atomic mass is 10.1. The summed E-state index contributed by atoms with van der Waals surface area (Å²) in [5, 5.41) is 27.4. The topological polar surface area (TPSA) is 79.2 Å². The Bertz CT molecular complexity index is 250. The number of hydrogen-bond acceptors (Lipinski definition) is 5. The summed E-state index contributed by atoms with van der Waals surface area (Å²) in [5.74, 6) is 0. The highest BCUT2D eigenvalue weighted by molar-refractivity contribution is 4.55. The van der Waals surface area contributed by atoms with Crippen LogP contribution in [0.5, 0.6) is 0 Å². The molecule has 0 radical (unpaired) electrons. The Morgan fingerprint density at radius 3 is 1.56 bits per heavy atom. The normalized spacial score (nSPS) is 13.9. The van der Waals surface area contributed by atoms with Crippen molar-refractivity contribution >= 4 is 0 Å². The zero-order chi connectivity index (χ0) is 18.6. The quantitative estimate of drug-likeness (QED) is 0.289. The lowest BCUT2D eigenvalue weighted by molar-refractivity contribution is -0.0481. The van der Waals surface area contributed by atoms with E-state index in [-0.39, 0.29) is 26.4 Å². The van der Waals surface area contributed by atoms with E-state index < -0.39 is 12.2 Å². The highest BCUT2D eigenvalue weighted by Gasteiger charge is 2.07. The largest absolute Gasteiger partial charge is 0.394 e. The van der Waals surface area contributed by atoms with E-state index in [1.54, 1.807) is 0 Å². The van der Waals surface area contributed by atoms with Gasteiger partial charge in [-0.2, -0.15) is 0 Å². The summed E-state index contributed by atoms with van der Waals surface area (Å²) in [6.07, 6.45) is 14.3. The van der Waals surface area contributed by atoms with E-state index in [0.29, 0.717) is 6.61 Å². The first-order valence-corrected chi connectivity index (χ1v) is 10.3. The first-order chi connectivity index (χ1) is 12.2. The van der Waals surface area contributed by atoms with E-state index in [9.17, 15) is 5.11 Å². The average Bonchev–Trinajstić information content (AvgIpc) is 2.61. The van der Waals surface area contributed by atoms with Gasteiger partial charge in [0, 0.05) is 6.61 Å². The van der Waals surface area contributed by atoms with Crippen molar-refractivity contribution in [3.63, 3.8) is 0 Å². The second kappa shape index (κ2) is 20.1. The molecule has 0 bridgehead atoms. The molecule has 2 unspecified atom stereocenters. The van der Waals surface area contributed by atoms with Gasteiger partial charge in [0.25, 0.3) is 0 Å². The van der Waals surface area contributed by atoms with Crippen molar-refractivity contribution < 1.29 is 24.8 Å². The molecule has 0 saturated carbocycles. The number of ether oxygens (including phenoxy) is 2. The maximum Gasteiger partial charge on any atom is 0.101 e. The molecule has 0 spiro atoms. The number of aliphatic hydroxyl groups excluding tert-OH is 3. The third kappa shape index (κ3) is 20.0. The maximum atomic E-state index is 9.63. The van der Waals surface area contributed by atoms with E-state index >= 15 is 0 Å². The van der Waals surface area contributed by atoms with Gasteiger partial charge in [-0.1, -0.05) is 77.6 Å². The highest BCUT2D eigenvalue weighted by Crippen LogP contribution is 2.11. The first-order valence-electron chi connectivity index (χ1n) is 10.3. The fourth-order valence-electron chi connectivity index (χ4n) is 2.71. The summed E-state index contributed by atoms with van der Waals surface area (Å²) >= 11 is 0. The van der Waals surface area contributed by atoms with Crippen molar-refractivity contribution in [1.82, 2.24) is 0 Å². The van der Waals surface area contributed by atoms with Crippen LogP contribution in [0, 0.1) is 0 Å². The lowest BCUT2D eigenvalue weighted by Crippen LogP contribution is -2.26. The highest BCUT2D eigenvalue weighted by atomic mass is 16.5. The van der Waals surface area contributed by atoms with Crippen LogP contribution in [0.15, 0.2) is 0 Å². The van der Waals surface area contributed by atoms with Crippen LogP contribution in [0.2, 0.25) is 0 Å². The predicted molar refractivity (Wildman–Crippen MR) is 102 cm³/mol. The van der Waals surface area contributed by atoms with Gasteiger partial charge in [-0.15, -0.1) is 0 Å². The van der Waals surface area contributed by atoms with E-state index in [1.165, 1.54) is 70.6 Å². The maximum absolute atomic E-state index is 9.63. The molecular weight excluding hydrogens is 320 g/mol. The van der Waals surface area contributed by atoms with Crippen molar-refractivity contribution in [2.75, 3.05) is 33.0 Å². The van der Waals surface area contributed by atoms with Crippen LogP contribution in [0.1, 0.15) is 84.0 Å². The van der Waals surface area contributed by atoms with E-state index in [0.717, 1.165) is 6.42 Å². The molecule has 0 amide bonds. The predicted octanol–water partition coefficient (Wildman–Crippen LogP) is 3.43. The number of aliphatic hydroxyl groups is 3. The zero-order valence-electron chi connectivity index (χ0n) is 16.3.